The highest BCUT2D eigenvalue weighted by atomic mass is 35.5. The molecule has 1 atom stereocenters. The SMILES string of the molecule is C[S+]([O-])c1ccc(Cl)cc1-c1cccc2sc3c4ccccc4ccc3c12. The van der Waals surface area contributed by atoms with Crippen molar-refractivity contribution in [2.45, 2.75) is 4.90 Å². The first kappa shape index (κ1) is 17.1. The van der Waals surface area contributed by atoms with Crippen molar-refractivity contribution in [3.8, 4) is 11.1 Å². The third kappa shape index (κ3) is 2.74. The van der Waals surface area contributed by atoms with Gasteiger partial charge in [0.15, 0.2) is 4.90 Å². The van der Waals surface area contributed by atoms with E-state index in [1.54, 1.807) is 12.3 Å². The molecule has 0 N–H and O–H groups in total. The maximum Gasteiger partial charge on any atom is 0.160 e. The van der Waals surface area contributed by atoms with Crippen molar-refractivity contribution in [3.63, 3.8) is 0 Å². The molecular formula is C23H15ClOS2. The Morgan fingerprint density at radius 2 is 1.70 bits per heavy atom. The van der Waals surface area contributed by atoms with Crippen LogP contribution in [0.15, 0.2) is 77.7 Å². The predicted molar refractivity (Wildman–Crippen MR) is 120 cm³/mol. The van der Waals surface area contributed by atoms with Gasteiger partial charge in [-0.15, -0.1) is 11.3 Å². The van der Waals surface area contributed by atoms with Gasteiger partial charge < -0.3 is 4.55 Å². The minimum absolute atomic E-state index is 0.654. The van der Waals surface area contributed by atoms with Gasteiger partial charge in [0.2, 0.25) is 0 Å². The van der Waals surface area contributed by atoms with Crippen molar-refractivity contribution in [1.82, 2.24) is 0 Å². The van der Waals surface area contributed by atoms with Crippen LogP contribution in [-0.4, -0.2) is 10.8 Å². The molecule has 1 aromatic heterocycles. The van der Waals surface area contributed by atoms with E-state index in [9.17, 15) is 4.55 Å². The standard InChI is InChI=1S/C23H15ClOS2/c1-27(25)21-12-10-15(24)13-19(21)17-7-4-8-20-22(17)18-11-9-14-5-2-3-6-16(14)23(18)26-20/h2-13H,1H3. The van der Waals surface area contributed by atoms with E-state index in [-0.39, 0.29) is 0 Å². The van der Waals surface area contributed by atoms with Crippen molar-refractivity contribution in [3.05, 3.63) is 77.8 Å². The second-order valence-corrected chi connectivity index (χ2v) is 9.38. The van der Waals surface area contributed by atoms with Crippen LogP contribution in [0.25, 0.3) is 42.1 Å². The van der Waals surface area contributed by atoms with Crippen LogP contribution < -0.4 is 0 Å². The Morgan fingerprint density at radius 1 is 0.852 bits per heavy atom. The summed E-state index contributed by atoms with van der Waals surface area (Å²) in [6.07, 6.45) is 1.71. The van der Waals surface area contributed by atoms with Crippen LogP contribution in [0, 0.1) is 0 Å². The average molecular weight is 407 g/mol. The third-order valence-corrected chi connectivity index (χ3v) is 7.34. The molecular weight excluding hydrogens is 392 g/mol. The zero-order valence-corrected chi connectivity index (χ0v) is 16.9. The van der Waals surface area contributed by atoms with Gasteiger partial charge >= 0.3 is 0 Å². The van der Waals surface area contributed by atoms with E-state index < -0.39 is 11.2 Å². The van der Waals surface area contributed by atoms with E-state index >= 15 is 0 Å². The van der Waals surface area contributed by atoms with Gasteiger partial charge in [-0.25, -0.2) is 0 Å². The molecule has 4 heteroatoms. The van der Waals surface area contributed by atoms with Gasteiger partial charge in [0.25, 0.3) is 0 Å². The molecule has 0 bridgehead atoms. The first-order chi connectivity index (χ1) is 13.1. The van der Waals surface area contributed by atoms with Gasteiger partial charge in [0, 0.05) is 30.8 Å². The Hall–Kier alpha value is -2.04. The first-order valence-corrected chi connectivity index (χ1v) is 11.3. The largest absolute Gasteiger partial charge is 0.612 e. The molecule has 132 valence electrons. The monoisotopic (exact) mass is 406 g/mol. The van der Waals surface area contributed by atoms with E-state index in [2.05, 4.69) is 54.6 Å². The minimum atomic E-state index is -1.09. The van der Waals surface area contributed by atoms with Gasteiger partial charge in [-0.05, 0) is 51.8 Å². The number of thiophene rings is 1. The number of benzene rings is 4. The van der Waals surface area contributed by atoms with Crippen LogP contribution >= 0.6 is 22.9 Å². The smallest absolute Gasteiger partial charge is 0.160 e. The number of fused-ring (bicyclic) bond motifs is 5. The Balaban J connectivity index is 1.92. The molecule has 0 spiro atoms. The van der Waals surface area contributed by atoms with Crippen molar-refractivity contribution in [2.24, 2.45) is 0 Å². The molecule has 0 saturated heterocycles. The maximum atomic E-state index is 12.3. The molecule has 4 aromatic carbocycles. The summed E-state index contributed by atoms with van der Waals surface area (Å²) in [7, 11) is 0. The fourth-order valence-corrected chi connectivity index (χ4v) is 5.92. The molecule has 1 heterocycles. The molecule has 27 heavy (non-hydrogen) atoms. The summed E-state index contributed by atoms with van der Waals surface area (Å²) in [6.45, 7) is 0. The summed E-state index contributed by atoms with van der Waals surface area (Å²) in [5, 5.41) is 5.61. The number of hydrogen-bond acceptors (Lipinski definition) is 2. The summed E-state index contributed by atoms with van der Waals surface area (Å²) in [6, 6.07) is 24.8. The maximum absolute atomic E-state index is 12.3. The molecule has 0 radical (unpaired) electrons. The van der Waals surface area contributed by atoms with Crippen LogP contribution in [0.1, 0.15) is 0 Å². The molecule has 0 fully saturated rings. The van der Waals surface area contributed by atoms with Crippen LogP contribution in [0.3, 0.4) is 0 Å². The topological polar surface area (TPSA) is 23.1 Å². The third-order valence-electron chi connectivity index (χ3n) is 4.93. The van der Waals surface area contributed by atoms with Crippen LogP contribution in [0.4, 0.5) is 0 Å². The molecule has 0 saturated carbocycles. The summed E-state index contributed by atoms with van der Waals surface area (Å²) in [5.41, 5.74) is 2.03. The van der Waals surface area contributed by atoms with E-state index in [1.807, 2.05) is 23.5 Å². The zero-order valence-electron chi connectivity index (χ0n) is 14.5. The minimum Gasteiger partial charge on any atom is -0.612 e. The molecule has 5 aromatic rings. The lowest BCUT2D eigenvalue weighted by Crippen LogP contribution is -2.00. The molecule has 0 aliphatic carbocycles. The van der Waals surface area contributed by atoms with Gasteiger partial charge in [0.1, 0.15) is 6.26 Å². The highest BCUT2D eigenvalue weighted by molar-refractivity contribution is 7.90. The van der Waals surface area contributed by atoms with Crippen molar-refractivity contribution >= 4 is 65.1 Å². The van der Waals surface area contributed by atoms with Crippen molar-refractivity contribution in [2.75, 3.05) is 6.26 Å². The number of rotatable bonds is 2. The number of halogens is 1. The molecule has 0 amide bonds. The van der Waals surface area contributed by atoms with Gasteiger partial charge in [-0.3, -0.25) is 0 Å². The zero-order chi connectivity index (χ0) is 18.5. The van der Waals surface area contributed by atoms with E-state index in [4.69, 9.17) is 11.6 Å². The lowest BCUT2D eigenvalue weighted by Gasteiger charge is -2.12. The fraction of sp³-hybridized carbons (Fsp3) is 0.0435. The van der Waals surface area contributed by atoms with Crippen LogP contribution in [0.2, 0.25) is 5.02 Å². The van der Waals surface area contributed by atoms with Crippen molar-refractivity contribution in [1.29, 1.82) is 0 Å². The van der Waals surface area contributed by atoms with Gasteiger partial charge in [-0.1, -0.05) is 60.1 Å². The lowest BCUT2D eigenvalue weighted by atomic mass is 9.98. The van der Waals surface area contributed by atoms with Gasteiger partial charge in [0.05, 0.1) is 0 Å². The van der Waals surface area contributed by atoms with E-state index in [0.29, 0.717) is 5.02 Å². The number of hydrogen-bond donors (Lipinski definition) is 0. The second kappa shape index (κ2) is 6.54. The first-order valence-electron chi connectivity index (χ1n) is 8.60. The summed E-state index contributed by atoms with van der Waals surface area (Å²) in [5.74, 6) is 0. The van der Waals surface area contributed by atoms with E-state index in [0.717, 1.165) is 16.0 Å². The quantitative estimate of drug-likeness (QED) is 0.283. The second-order valence-electron chi connectivity index (χ2n) is 6.54. The fourth-order valence-electron chi connectivity index (χ4n) is 3.74. The lowest BCUT2D eigenvalue weighted by molar-refractivity contribution is 0.601. The average Bonchev–Trinajstić information content (AvgIpc) is 3.07. The molecule has 0 aliphatic heterocycles. The molecule has 0 aliphatic rings. The highest BCUT2D eigenvalue weighted by Gasteiger charge is 2.19. The summed E-state index contributed by atoms with van der Waals surface area (Å²) >= 11 is 7.01. The normalized spacial score (nSPS) is 12.9. The van der Waals surface area contributed by atoms with E-state index in [1.165, 1.54) is 30.9 Å². The van der Waals surface area contributed by atoms with Crippen molar-refractivity contribution < 1.29 is 4.55 Å². The molecule has 5 rings (SSSR count). The predicted octanol–water partition coefficient (Wildman–Crippen LogP) is 7.27. The Morgan fingerprint density at radius 3 is 2.56 bits per heavy atom. The Labute approximate surface area is 169 Å². The molecule has 1 nitrogen and oxygen atoms in total. The van der Waals surface area contributed by atoms with Crippen LogP contribution in [0.5, 0.6) is 0 Å². The van der Waals surface area contributed by atoms with Crippen LogP contribution in [-0.2, 0) is 11.2 Å². The summed E-state index contributed by atoms with van der Waals surface area (Å²) in [4.78, 5) is 0.812. The molecule has 1 unspecified atom stereocenters. The Kier molecular flexibility index (Phi) is 4.14. The summed E-state index contributed by atoms with van der Waals surface area (Å²) < 4.78 is 14.9. The van der Waals surface area contributed by atoms with Gasteiger partial charge in [-0.2, -0.15) is 0 Å². The highest BCUT2D eigenvalue weighted by Crippen LogP contribution is 2.44. The Bertz CT molecular complexity index is 1320.